The minimum atomic E-state index is 0.872. The Balaban J connectivity index is 1.77. The van der Waals surface area contributed by atoms with E-state index in [9.17, 15) is 0 Å². The van der Waals surface area contributed by atoms with Gasteiger partial charge >= 0.3 is 0 Å². The normalized spacial score (nSPS) is 17.2. The molecule has 3 nitrogen and oxygen atoms in total. The summed E-state index contributed by atoms with van der Waals surface area (Å²) in [4.78, 5) is 2.47. The van der Waals surface area contributed by atoms with E-state index in [4.69, 9.17) is 4.74 Å². The van der Waals surface area contributed by atoms with E-state index in [-0.39, 0.29) is 0 Å². The van der Waals surface area contributed by atoms with Crippen LogP contribution in [0.15, 0.2) is 28.9 Å². The van der Waals surface area contributed by atoms with Crippen LogP contribution in [0.5, 0.6) is 0 Å². The maximum Gasteiger partial charge on any atom is 0.0594 e. The van der Waals surface area contributed by atoms with E-state index in [1.165, 1.54) is 20.9 Å². The van der Waals surface area contributed by atoms with Gasteiger partial charge in [-0.15, -0.1) is 0 Å². The van der Waals surface area contributed by atoms with E-state index in [2.05, 4.69) is 56.7 Å². The number of halogens is 1. The zero-order valence-electron chi connectivity index (χ0n) is 11.2. The Morgan fingerprint density at radius 2 is 2.00 bits per heavy atom. The maximum absolute atomic E-state index is 5.38. The summed E-state index contributed by atoms with van der Waals surface area (Å²) in [6.07, 6.45) is 2.19. The molecule has 19 heavy (non-hydrogen) atoms. The largest absolute Gasteiger partial charge is 0.379 e. The summed E-state index contributed by atoms with van der Waals surface area (Å²) in [5.41, 5.74) is 2.62. The van der Waals surface area contributed by atoms with Crippen LogP contribution in [0.2, 0.25) is 0 Å². The minimum absolute atomic E-state index is 0.872. The number of aromatic nitrogens is 1. The van der Waals surface area contributed by atoms with Gasteiger partial charge in [-0.2, -0.15) is 0 Å². The average molecular weight is 323 g/mol. The Hall–Kier alpha value is -0.840. The fraction of sp³-hybridized carbons (Fsp3) is 0.467. The number of ether oxygens (including phenoxy) is 1. The molecule has 0 unspecified atom stereocenters. The third-order valence-electron chi connectivity index (χ3n) is 3.74. The second-order valence-electron chi connectivity index (χ2n) is 5.14. The van der Waals surface area contributed by atoms with Gasteiger partial charge in [0.1, 0.15) is 0 Å². The molecule has 1 aliphatic rings. The summed E-state index contributed by atoms with van der Waals surface area (Å²) in [6.45, 7) is 8.14. The molecule has 0 amide bonds. The number of aryl methyl sites for hydroxylation is 1. The lowest BCUT2D eigenvalue weighted by Gasteiger charge is -2.26. The first kappa shape index (κ1) is 13.2. The Kier molecular flexibility index (Phi) is 3.91. The number of hydrogen-bond donors (Lipinski definition) is 0. The van der Waals surface area contributed by atoms with Crippen molar-refractivity contribution in [3.05, 3.63) is 34.4 Å². The topological polar surface area (TPSA) is 17.4 Å². The second-order valence-corrected chi connectivity index (χ2v) is 6.00. The van der Waals surface area contributed by atoms with Crippen molar-refractivity contribution in [1.82, 2.24) is 9.47 Å². The molecule has 1 aromatic heterocycles. The molecule has 0 N–H and O–H groups in total. The van der Waals surface area contributed by atoms with Crippen molar-refractivity contribution in [1.29, 1.82) is 0 Å². The summed E-state index contributed by atoms with van der Waals surface area (Å²) < 4.78 is 8.92. The second kappa shape index (κ2) is 5.65. The van der Waals surface area contributed by atoms with Gasteiger partial charge in [-0.3, -0.25) is 4.90 Å². The zero-order valence-corrected chi connectivity index (χ0v) is 12.8. The van der Waals surface area contributed by atoms with Gasteiger partial charge in [-0.25, -0.2) is 0 Å². The van der Waals surface area contributed by atoms with Gasteiger partial charge in [0.15, 0.2) is 0 Å². The first-order valence-corrected chi connectivity index (χ1v) is 7.58. The number of rotatable bonds is 3. The molecule has 0 atom stereocenters. The molecule has 0 bridgehead atoms. The summed E-state index contributed by atoms with van der Waals surface area (Å²) in [5.74, 6) is 0. The highest BCUT2D eigenvalue weighted by atomic mass is 79.9. The standard InChI is InChI=1S/C15H19BrN2O/c1-12-10-14(16)13-2-3-18(15(13)11-12)5-4-17-6-8-19-9-7-17/h2-3,10-11H,4-9H2,1H3. The molecule has 2 heterocycles. The highest BCUT2D eigenvalue weighted by Crippen LogP contribution is 2.26. The number of hydrogen-bond acceptors (Lipinski definition) is 2. The van der Waals surface area contributed by atoms with Crippen LogP contribution in [0, 0.1) is 6.92 Å². The Labute approximate surface area is 122 Å². The van der Waals surface area contributed by atoms with E-state index in [1.54, 1.807) is 0 Å². The van der Waals surface area contributed by atoms with E-state index in [0.29, 0.717) is 0 Å². The van der Waals surface area contributed by atoms with E-state index in [0.717, 1.165) is 39.4 Å². The maximum atomic E-state index is 5.38. The first-order valence-electron chi connectivity index (χ1n) is 6.79. The van der Waals surface area contributed by atoms with Gasteiger partial charge < -0.3 is 9.30 Å². The van der Waals surface area contributed by atoms with Crippen LogP contribution in [-0.4, -0.2) is 42.3 Å². The highest BCUT2D eigenvalue weighted by Gasteiger charge is 2.11. The van der Waals surface area contributed by atoms with Crippen molar-refractivity contribution in [3.8, 4) is 0 Å². The van der Waals surface area contributed by atoms with Gasteiger partial charge in [-0.1, -0.05) is 15.9 Å². The van der Waals surface area contributed by atoms with Gasteiger partial charge in [-0.05, 0) is 30.7 Å². The Morgan fingerprint density at radius 1 is 1.21 bits per heavy atom. The SMILES string of the molecule is Cc1cc(Br)c2ccn(CCN3CCOCC3)c2c1. The molecule has 0 spiro atoms. The number of fused-ring (bicyclic) bond motifs is 1. The van der Waals surface area contributed by atoms with Crippen LogP contribution >= 0.6 is 15.9 Å². The van der Waals surface area contributed by atoms with Crippen molar-refractivity contribution in [2.45, 2.75) is 13.5 Å². The molecular formula is C15H19BrN2O. The summed E-state index contributed by atoms with van der Waals surface area (Å²) in [5, 5.41) is 1.30. The third-order valence-corrected chi connectivity index (χ3v) is 4.40. The summed E-state index contributed by atoms with van der Waals surface area (Å²) in [6, 6.07) is 6.63. The Morgan fingerprint density at radius 3 is 2.79 bits per heavy atom. The predicted octanol–water partition coefficient (Wildman–Crippen LogP) is 3.04. The van der Waals surface area contributed by atoms with E-state index >= 15 is 0 Å². The van der Waals surface area contributed by atoms with Crippen LogP contribution in [0.3, 0.4) is 0 Å². The lowest BCUT2D eigenvalue weighted by molar-refractivity contribution is 0.0365. The van der Waals surface area contributed by atoms with Gasteiger partial charge in [0, 0.05) is 47.8 Å². The molecular weight excluding hydrogens is 304 g/mol. The average Bonchev–Trinajstić information content (AvgIpc) is 2.81. The molecule has 1 saturated heterocycles. The van der Waals surface area contributed by atoms with Crippen LogP contribution in [-0.2, 0) is 11.3 Å². The van der Waals surface area contributed by atoms with Crippen LogP contribution in [0.4, 0.5) is 0 Å². The molecule has 2 aromatic rings. The molecule has 0 radical (unpaired) electrons. The quantitative estimate of drug-likeness (QED) is 0.864. The van der Waals surface area contributed by atoms with Gasteiger partial charge in [0.2, 0.25) is 0 Å². The third kappa shape index (κ3) is 2.86. The first-order chi connectivity index (χ1) is 9.24. The Bertz CT molecular complexity index is 573. The summed E-state index contributed by atoms with van der Waals surface area (Å²) in [7, 11) is 0. The van der Waals surface area contributed by atoms with Gasteiger partial charge in [0.05, 0.1) is 13.2 Å². The number of morpholine rings is 1. The molecule has 3 rings (SSSR count). The highest BCUT2D eigenvalue weighted by molar-refractivity contribution is 9.10. The van der Waals surface area contributed by atoms with Gasteiger partial charge in [0.25, 0.3) is 0 Å². The monoisotopic (exact) mass is 322 g/mol. The van der Waals surface area contributed by atoms with Crippen molar-refractivity contribution < 1.29 is 4.74 Å². The van der Waals surface area contributed by atoms with Crippen LogP contribution in [0.25, 0.3) is 10.9 Å². The zero-order chi connectivity index (χ0) is 13.2. The van der Waals surface area contributed by atoms with Crippen LogP contribution in [0.1, 0.15) is 5.56 Å². The molecule has 1 fully saturated rings. The summed E-state index contributed by atoms with van der Waals surface area (Å²) >= 11 is 3.65. The number of nitrogens with zero attached hydrogens (tertiary/aromatic N) is 2. The van der Waals surface area contributed by atoms with Crippen LogP contribution < -0.4 is 0 Å². The minimum Gasteiger partial charge on any atom is -0.379 e. The van der Waals surface area contributed by atoms with Crippen molar-refractivity contribution in [2.24, 2.45) is 0 Å². The molecule has 0 aliphatic carbocycles. The lowest BCUT2D eigenvalue weighted by atomic mass is 10.2. The molecule has 1 aromatic carbocycles. The van der Waals surface area contributed by atoms with Crippen molar-refractivity contribution >= 4 is 26.8 Å². The fourth-order valence-corrected chi connectivity index (χ4v) is 3.35. The predicted molar refractivity (Wildman–Crippen MR) is 81.6 cm³/mol. The smallest absolute Gasteiger partial charge is 0.0594 e. The van der Waals surface area contributed by atoms with E-state index in [1.807, 2.05) is 0 Å². The fourth-order valence-electron chi connectivity index (χ4n) is 2.65. The number of benzene rings is 1. The van der Waals surface area contributed by atoms with Crippen molar-refractivity contribution in [2.75, 3.05) is 32.8 Å². The molecule has 4 heteroatoms. The van der Waals surface area contributed by atoms with Crippen molar-refractivity contribution in [3.63, 3.8) is 0 Å². The molecule has 1 aliphatic heterocycles. The van der Waals surface area contributed by atoms with E-state index < -0.39 is 0 Å². The lowest BCUT2D eigenvalue weighted by Crippen LogP contribution is -2.38. The molecule has 0 saturated carbocycles. The molecule has 102 valence electrons.